The number of halogens is 2. The zero-order valence-corrected chi connectivity index (χ0v) is 21.4. The molecule has 4 rings (SSSR count). The van der Waals surface area contributed by atoms with E-state index in [-0.39, 0.29) is 48.7 Å². The Bertz CT molecular complexity index is 1320. The fourth-order valence-corrected chi connectivity index (χ4v) is 4.27. The Balaban J connectivity index is 1.64. The summed E-state index contributed by atoms with van der Waals surface area (Å²) in [5.41, 5.74) is 1.30. The number of pyridine rings is 1. The minimum atomic E-state index is -0.584. The highest BCUT2D eigenvalue weighted by molar-refractivity contribution is 5.98. The first-order valence-electron chi connectivity index (χ1n) is 12.3. The largest absolute Gasteiger partial charge is 0.472 e. The van der Waals surface area contributed by atoms with E-state index in [9.17, 15) is 23.5 Å². The number of anilines is 1. The molecule has 3 amide bonds. The minimum absolute atomic E-state index is 0.0569. The fraction of sp³-hybridized carbons (Fsp3) is 0.321. The Morgan fingerprint density at radius 3 is 2.68 bits per heavy atom. The number of ether oxygens (including phenoxy) is 1. The molecule has 200 valence electrons. The van der Waals surface area contributed by atoms with Crippen LogP contribution >= 0.6 is 0 Å². The predicted molar refractivity (Wildman–Crippen MR) is 139 cm³/mol. The maximum absolute atomic E-state index is 14.0. The number of aliphatic hydroxyl groups excluding tert-OH is 1. The molecule has 0 spiro atoms. The average Bonchev–Trinajstić information content (AvgIpc) is 2.91. The fourth-order valence-electron chi connectivity index (χ4n) is 4.27. The Morgan fingerprint density at radius 1 is 1.21 bits per heavy atom. The van der Waals surface area contributed by atoms with Crippen LogP contribution in [0.5, 0.6) is 5.88 Å². The quantitative estimate of drug-likeness (QED) is 0.498. The monoisotopic (exact) mass is 524 g/mol. The van der Waals surface area contributed by atoms with Gasteiger partial charge in [0.25, 0.3) is 5.91 Å². The number of carbonyl (C=O) groups excluding carboxylic acids is 2. The smallest absolute Gasteiger partial charge is 0.321 e. The van der Waals surface area contributed by atoms with Gasteiger partial charge in [-0.2, -0.15) is 0 Å². The molecule has 0 fully saturated rings. The molecule has 1 aliphatic heterocycles. The van der Waals surface area contributed by atoms with Crippen LogP contribution < -0.4 is 10.1 Å². The van der Waals surface area contributed by atoms with Crippen LogP contribution in [0.1, 0.15) is 24.2 Å². The highest BCUT2D eigenvalue weighted by atomic mass is 19.1. The van der Waals surface area contributed by atoms with Gasteiger partial charge in [-0.05, 0) is 42.8 Å². The van der Waals surface area contributed by atoms with E-state index in [2.05, 4.69) is 10.3 Å². The molecule has 0 saturated heterocycles. The SMILES string of the molecule is C[C@@H]1CN([C@@H](C)CO)C(=O)c2cc(-c3cccc(F)c3)cnc2O[C@H]1CN(C)C(=O)Nc1ccccc1F. The van der Waals surface area contributed by atoms with Crippen molar-refractivity contribution >= 4 is 17.6 Å². The van der Waals surface area contributed by atoms with Crippen LogP contribution in [0.3, 0.4) is 0 Å². The van der Waals surface area contributed by atoms with Crippen molar-refractivity contribution in [2.24, 2.45) is 5.92 Å². The van der Waals surface area contributed by atoms with Gasteiger partial charge in [-0.1, -0.05) is 31.2 Å². The lowest BCUT2D eigenvalue weighted by atomic mass is 9.99. The average molecular weight is 525 g/mol. The molecule has 1 aliphatic rings. The van der Waals surface area contributed by atoms with E-state index in [4.69, 9.17) is 4.74 Å². The van der Waals surface area contributed by atoms with Crippen molar-refractivity contribution in [3.63, 3.8) is 0 Å². The summed E-state index contributed by atoms with van der Waals surface area (Å²) < 4.78 is 34.1. The van der Waals surface area contributed by atoms with Gasteiger partial charge in [-0.25, -0.2) is 18.6 Å². The molecule has 0 unspecified atom stereocenters. The number of hydrogen-bond donors (Lipinski definition) is 2. The summed E-state index contributed by atoms with van der Waals surface area (Å²) in [4.78, 5) is 33.7. The number of likely N-dealkylation sites (N-methyl/N-ethyl adjacent to an activating group) is 1. The molecular formula is C28H30F2N4O4. The number of nitrogens with one attached hydrogen (secondary N) is 1. The van der Waals surface area contributed by atoms with E-state index in [0.717, 1.165) is 0 Å². The van der Waals surface area contributed by atoms with Crippen LogP contribution in [-0.4, -0.2) is 70.7 Å². The zero-order valence-electron chi connectivity index (χ0n) is 21.4. The standard InChI is InChI=1S/C28H30F2N4O4/c1-17-14-34(18(2)16-35)27(36)22-12-20(19-7-6-8-21(29)11-19)13-31-26(22)38-25(17)15-33(3)28(37)32-24-10-5-4-9-23(24)30/h4-13,17-18,25,35H,14-16H2,1-3H3,(H,32,37)/t17-,18+,25+/m1/s1. The number of para-hydroxylation sites is 1. The second kappa shape index (κ2) is 11.6. The van der Waals surface area contributed by atoms with Gasteiger partial charge in [0, 0.05) is 31.3 Å². The molecule has 0 saturated carbocycles. The molecule has 3 atom stereocenters. The molecule has 0 radical (unpaired) electrons. The Morgan fingerprint density at radius 2 is 1.97 bits per heavy atom. The Labute approximate surface area is 219 Å². The van der Waals surface area contributed by atoms with Gasteiger partial charge >= 0.3 is 6.03 Å². The van der Waals surface area contributed by atoms with Crippen LogP contribution in [0.25, 0.3) is 11.1 Å². The molecule has 0 aliphatic carbocycles. The van der Waals surface area contributed by atoms with Crippen molar-refractivity contribution in [2.45, 2.75) is 26.0 Å². The van der Waals surface area contributed by atoms with Gasteiger partial charge in [-0.3, -0.25) is 4.79 Å². The van der Waals surface area contributed by atoms with E-state index in [0.29, 0.717) is 11.1 Å². The van der Waals surface area contributed by atoms with Crippen LogP contribution in [0.4, 0.5) is 19.3 Å². The first kappa shape index (κ1) is 27.0. The number of aliphatic hydroxyl groups is 1. The summed E-state index contributed by atoms with van der Waals surface area (Å²) in [6.45, 7) is 3.73. The highest BCUT2D eigenvalue weighted by Gasteiger charge is 2.35. The van der Waals surface area contributed by atoms with Crippen LogP contribution in [0, 0.1) is 17.6 Å². The van der Waals surface area contributed by atoms with Crippen molar-refractivity contribution in [2.75, 3.05) is 32.1 Å². The van der Waals surface area contributed by atoms with E-state index < -0.39 is 29.8 Å². The first-order chi connectivity index (χ1) is 18.2. The number of benzene rings is 2. The molecule has 8 nitrogen and oxygen atoms in total. The molecule has 2 aromatic carbocycles. The third kappa shape index (κ3) is 5.91. The second-order valence-corrected chi connectivity index (χ2v) is 9.50. The van der Waals surface area contributed by atoms with Crippen molar-refractivity contribution in [1.82, 2.24) is 14.8 Å². The van der Waals surface area contributed by atoms with E-state index in [1.807, 2.05) is 6.92 Å². The number of rotatable bonds is 6. The number of urea groups is 1. The van der Waals surface area contributed by atoms with Crippen LogP contribution in [0.2, 0.25) is 0 Å². The lowest BCUT2D eigenvalue weighted by molar-refractivity contribution is 0.0356. The first-order valence-corrected chi connectivity index (χ1v) is 12.3. The van der Waals surface area contributed by atoms with Crippen LogP contribution in [0.15, 0.2) is 60.8 Å². The van der Waals surface area contributed by atoms with Gasteiger partial charge in [-0.15, -0.1) is 0 Å². The van der Waals surface area contributed by atoms with Gasteiger partial charge in [0.05, 0.1) is 24.9 Å². The molecule has 0 bridgehead atoms. The molecule has 3 aromatic rings. The Kier molecular flexibility index (Phi) is 8.21. The van der Waals surface area contributed by atoms with Crippen molar-refractivity contribution in [3.8, 4) is 17.0 Å². The molecular weight excluding hydrogens is 494 g/mol. The number of fused-ring (bicyclic) bond motifs is 1. The van der Waals surface area contributed by atoms with Crippen molar-refractivity contribution < 1.29 is 28.2 Å². The summed E-state index contributed by atoms with van der Waals surface area (Å²) in [5.74, 6) is -1.52. The van der Waals surface area contributed by atoms with Gasteiger partial charge in [0.1, 0.15) is 23.3 Å². The predicted octanol–water partition coefficient (Wildman–Crippen LogP) is 4.41. The number of aromatic nitrogens is 1. The van der Waals surface area contributed by atoms with Crippen molar-refractivity contribution in [3.05, 3.63) is 78.0 Å². The van der Waals surface area contributed by atoms with Gasteiger partial charge in [0.2, 0.25) is 5.88 Å². The number of nitrogens with zero attached hydrogens (tertiary/aromatic N) is 3. The highest BCUT2D eigenvalue weighted by Crippen LogP contribution is 2.30. The molecule has 1 aromatic heterocycles. The van der Waals surface area contributed by atoms with E-state index in [1.54, 1.807) is 43.1 Å². The summed E-state index contributed by atoms with van der Waals surface area (Å²) in [6.07, 6.45) is 0.915. The van der Waals surface area contributed by atoms with Crippen molar-refractivity contribution in [1.29, 1.82) is 0 Å². The molecule has 2 heterocycles. The van der Waals surface area contributed by atoms with Gasteiger partial charge < -0.3 is 25.0 Å². The zero-order chi connectivity index (χ0) is 27.4. The number of carbonyl (C=O) groups is 2. The number of amides is 3. The number of hydrogen-bond acceptors (Lipinski definition) is 5. The van der Waals surface area contributed by atoms with E-state index in [1.165, 1.54) is 41.4 Å². The maximum Gasteiger partial charge on any atom is 0.321 e. The Hall–Kier alpha value is -4.05. The van der Waals surface area contributed by atoms with Gasteiger partial charge in [0.15, 0.2) is 0 Å². The second-order valence-electron chi connectivity index (χ2n) is 9.50. The summed E-state index contributed by atoms with van der Waals surface area (Å²) >= 11 is 0. The molecule has 10 heteroatoms. The molecule has 38 heavy (non-hydrogen) atoms. The topological polar surface area (TPSA) is 95.0 Å². The summed E-state index contributed by atoms with van der Waals surface area (Å²) in [7, 11) is 1.56. The lowest BCUT2D eigenvalue weighted by Crippen LogP contribution is -2.50. The minimum Gasteiger partial charge on any atom is -0.472 e. The third-order valence-corrected chi connectivity index (χ3v) is 6.59. The molecule has 2 N–H and O–H groups in total. The summed E-state index contributed by atoms with van der Waals surface area (Å²) in [5, 5.41) is 12.4. The third-order valence-electron chi connectivity index (χ3n) is 6.59. The van der Waals surface area contributed by atoms with E-state index >= 15 is 0 Å². The maximum atomic E-state index is 14.0. The van der Waals surface area contributed by atoms with Crippen LogP contribution in [-0.2, 0) is 0 Å². The normalized spacial score (nSPS) is 18.1. The summed E-state index contributed by atoms with van der Waals surface area (Å²) in [6, 6.07) is 12.4. The lowest BCUT2D eigenvalue weighted by Gasteiger charge is -2.37.